The maximum absolute atomic E-state index is 11.7. The highest BCUT2D eigenvalue weighted by molar-refractivity contribution is 9.10. The third-order valence-electron chi connectivity index (χ3n) is 3.30. The summed E-state index contributed by atoms with van der Waals surface area (Å²) in [5.41, 5.74) is 9.28. The second kappa shape index (κ2) is 6.63. The van der Waals surface area contributed by atoms with Gasteiger partial charge in [-0.25, -0.2) is 0 Å². The van der Waals surface area contributed by atoms with Crippen LogP contribution in [0.1, 0.15) is 15.9 Å². The van der Waals surface area contributed by atoms with Crippen molar-refractivity contribution in [3.05, 3.63) is 58.1 Å². The van der Waals surface area contributed by atoms with Crippen molar-refractivity contribution in [3.63, 3.8) is 0 Å². The van der Waals surface area contributed by atoms with Gasteiger partial charge in [-0.3, -0.25) is 4.79 Å². The lowest BCUT2D eigenvalue weighted by atomic mass is 10.1. The van der Waals surface area contributed by atoms with E-state index in [1.165, 1.54) is 0 Å². The molecule has 2 aromatic rings. The van der Waals surface area contributed by atoms with Gasteiger partial charge in [0.15, 0.2) is 0 Å². The van der Waals surface area contributed by atoms with Gasteiger partial charge in [0, 0.05) is 30.7 Å². The van der Waals surface area contributed by atoms with Crippen molar-refractivity contribution >= 4 is 33.2 Å². The molecule has 2 rings (SSSR count). The van der Waals surface area contributed by atoms with E-state index in [0.29, 0.717) is 17.8 Å². The van der Waals surface area contributed by atoms with Crippen LogP contribution in [0.2, 0.25) is 0 Å². The monoisotopic (exact) mass is 347 g/mol. The fraction of sp³-hybridized carbons (Fsp3) is 0.188. The van der Waals surface area contributed by atoms with E-state index in [-0.39, 0.29) is 5.91 Å². The zero-order chi connectivity index (χ0) is 15.4. The Hall–Kier alpha value is -2.01. The number of carbonyl (C=O) groups is 1. The summed E-state index contributed by atoms with van der Waals surface area (Å²) in [5, 5.41) is 2.62. The molecular formula is C16H18BrN3O. The normalized spacial score (nSPS) is 10.2. The molecule has 0 aromatic heterocycles. The first-order valence-corrected chi connectivity index (χ1v) is 7.38. The van der Waals surface area contributed by atoms with Crippen LogP contribution in [0.25, 0.3) is 0 Å². The molecule has 0 heterocycles. The molecule has 0 unspecified atom stereocenters. The predicted octanol–water partition coefficient (Wildman–Crippen LogP) is 3.03. The Bertz CT molecular complexity index is 658. The van der Waals surface area contributed by atoms with Crippen molar-refractivity contribution in [2.24, 2.45) is 0 Å². The molecule has 2 aromatic carbocycles. The molecule has 0 bridgehead atoms. The Morgan fingerprint density at radius 1 is 1.29 bits per heavy atom. The molecule has 0 saturated carbocycles. The molecule has 3 N–H and O–H groups in total. The molecule has 4 nitrogen and oxygen atoms in total. The third-order valence-corrected chi connectivity index (χ3v) is 4.07. The van der Waals surface area contributed by atoms with Gasteiger partial charge >= 0.3 is 0 Å². The Kier molecular flexibility index (Phi) is 4.85. The van der Waals surface area contributed by atoms with Crippen LogP contribution in [0.5, 0.6) is 0 Å². The summed E-state index contributed by atoms with van der Waals surface area (Å²) in [7, 11) is 3.57. The van der Waals surface area contributed by atoms with Gasteiger partial charge in [0.05, 0.1) is 11.4 Å². The van der Waals surface area contributed by atoms with E-state index in [9.17, 15) is 4.79 Å². The largest absolute Gasteiger partial charge is 0.397 e. The second-order valence-corrected chi connectivity index (χ2v) is 5.65. The first-order chi connectivity index (χ1) is 10.0. The van der Waals surface area contributed by atoms with Crippen molar-refractivity contribution in [2.45, 2.75) is 6.54 Å². The summed E-state index contributed by atoms with van der Waals surface area (Å²) in [6, 6.07) is 13.3. The molecule has 0 aliphatic heterocycles. The molecule has 21 heavy (non-hydrogen) atoms. The molecule has 0 saturated heterocycles. The number of anilines is 2. The minimum atomic E-state index is -0.120. The Morgan fingerprint density at radius 2 is 2.00 bits per heavy atom. The van der Waals surface area contributed by atoms with Crippen molar-refractivity contribution in [1.29, 1.82) is 0 Å². The van der Waals surface area contributed by atoms with Crippen LogP contribution in [0, 0.1) is 0 Å². The van der Waals surface area contributed by atoms with Gasteiger partial charge in [0.1, 0.15) is 0 Å². The van der Waals surface area contributed by atoms with Crippen molar-refractivity contribution < 1.29 is 4.79 Å². The average Bonchev–Trinajstić information content (AvgIpc) is 2.49. The Labute approximate surface area is 133 Å². The number of hydrogen-bond donors (Lipinski definition) is 2. The van der Waals surface area contributed by atoms with Crippen LogP contribution >= 0.6 is 15.9 Å². The standard InChI is InChI=1S/C16H18BrN3O/c1-19-16(21)11-7-8-14(18)15(9-11)20(2)10-12-5-3-4-6-13(12)17/h3-9H,10,18H2,1-2H3,(H,19,21). The van der Waals surface area contributed by atoms with E-state index in [2.05, 4.69) is 27.3 Å². The molecule has 0 aliphatic carbocycles. The number of rotatable bonds is 4. The lowest BCUT2D eigenvalue weighted by molar-refractivity contribution is 0.0963. The van der Waals surface area contributed by atoms with E-state index in [0.717, 1.165) is 15.7 Å². The Morgan fingerprint density at radius 3 is 2.67 bits per heavy atom. The number of halogens is 1. The fourth-order valence-electron chi connectivity index (χ4n) is 2.13. The average molecular weight is 348 g/mol. The number of amides is 1. The summed E-state index contributed by atoms with van der Waals surface area (Å²) in [4.78, 5) is 13.8. The van der Waals surface area contributed by atoms with Crippen LogP contribution in [-0.4, -0.2) is 20.0 Å². The number of nitrogens with one attached hydrogen (secondary N) is 1. The minimum absolute atomic E-state index is 0.120. The first-order valence-electron chi connectivity index (χ1n) is 6.59. The summed E-state index contributed by atoms with van der Waals surface area (Å²) in [6.07, 6.45) is 0. The van der Waals surface area contributed by atoms with E-state index in [4.69, 9.17) is 5.73 Å². The quantitative estimate of drug-likeness (QED) is 0.835. The maximum atomic E-state index is 11.7. The Balaban J connectivity index is 2.28. The van der Waals surface area contributed by atoms with Crippen LogP contribution < -0.4 is 16.0 Å². The van der Waals surface area contributed by atoms with Crippen LogP contribution in [0.3, 0.4) is 0 Å². The third kappa shape index (κ3) is 3.55. The van der Waals surface area contributed by atoms with Gasteiger partial charge in [-0.15, -0.1) is 0 Å². The number of benzene rings is 2. The molecule has 0 radical (unpaired) electrons. The van der Waals surface area contributed by atoms with Crippen LogP contribution in [0.4, 0.5) is 11.4 Å². The van der Waals surface area contributed by atoms with E-state index in [1.54, 1.807) is 19.2 Å². The number of hydrogen-bond acceptors (Lipinski definition) is 3. The van der Waals surface area contributed by atoms with Gasteiger partial charge in [-0.2, -0.15) is 0 Å². The van der Waals surface area contributed by atoms with Gasteiger partial charge in [-0.1, -0.05) is 34.1 Å². The highest BCUT2D eigenvalue weighted by Crippen LogP contribution is 2.26. The highest BCUT2D eigenvalue weighted by Gasteiger charge is 2.11. The van der Waals surface area contributed by atoms with Crippen molar-refractivity contribution in [2.75, 3.05) is 24.7 Å². The summed E-state index contributed by atoms with van der Waals surface area (Å²) >= 11 is 3.54. The SMILES string of the molecule is CNC(=O)c1ccc(N)c(N(C)Cc2ccccc2Br)c1. The number of nitrogen functional groups attached to an aromatic ring is 1. The molecule has 0 aliphatic rings. The summed E-state index contributed by atoms with van der Waals surface area (Å²) in [5.74, 6) is -0.120. The van der Waals surface area contributed by atoms with Gasteiger partial charge in [-0.05, 0) is 29.8 Å². The van der Waals surface area contributed by atoms with Crippen LogP contribution in [-0.2, 0) is 6.54 Å². The smallest absolute Gasteiger partial charge is 0.251 e. The summed E-state index contributed by atoms with van der Waals surface area (Å²) < 4.78 is 1.05. The van der Waals surface area contributed by atoms with Crippen molar-refractivity contribution in [1.82, 2.24) is 5.32 Å². The lowest BCUT2D eigenvalue weighted by Gasteiger charge is -2.22. The number of nitrogens with zero attached hydrogens (tertiary/aromatic N) is 1. The number of nitrogens with two attached hydrogens (primary N) is 1. The van der Waals surface area contributed by atoms with E-state index >= 15 is 0 Å². The lowest BCUT2D eigenvalue weighted by Crippen LogP contribution is -2.21. The molecule has 0 fully saturated rings. The van der Waals surface area contributed by atoms with Crippen molar-refractivity contribution in [3.8, 4) is 0 Å². The predicted molar refractivity (Wildman–Crippen MR) is 90.5 cm³/mol. The topological polar surface area (TPSA) is 58.4 Å². The van der Waals surface area contributed by atoms with Gasteiger partial charge < -0.3 is 16.0 Å². The number of carbonyl (C=O) groups excluding carboxylic acids is 1. The highest BCUT2D eigenvalue weighted by atomic mass is 79.9. The van der Waals surface area contributed by atoms with Gasteiger partial charge in [0.25, 0.3) is 5.91 Å². The fourth-order valence-corrected chi connectivity index (χ4v) is 2.54. The van der Waals surface area contributed by atoms with Gasteiger partial charge in [0.2, 0.25) is 0 Å². The van der Waals surface area contributed by atoms with Crippen LogP contribution in [0.15, 0.2) is 46.9 Å². The molecule has 0 spiro atoms. The zero-order valence-corrected chi connectivity index (χ0v) is 13.6. The first kappa shape index (κ1) is 15.4. The molecule has 1 amide bonds. The molecule has 110 valence electrons. The minimum Gasteiger partial charge on any atom is -0.397 e. The van der Waals surface area contributed by atoms with E-state index < -0.39 is 0 Å². The molecular weight excluding hydrogens is 330 g/mol. The zero-order valence-electron chi connectivity index (χ0n) is 12.1. The molecule has 5 heteroatoms. The maximum Gasteiger partial charge on any atom is 0.251 e. The summed E-state index contributed by atoms with van der Waals surface area (Å²) in [6.45, 7) is 0.697. The molecule has 0 atom stereocenters. The second-order valence-electron chi connectivity index (χ2n) is 4.80. The van der Waals surface area contributed by atoms with E-state index in [1.807, 2.05) is 36.2 Å².